The van der Waals surface area contributed by atoms with E-state index in [9.17, 15) is 4.79 Å². The van der Waals surface area contributed by atoms with Crippen molar-refractivity contribution in [1.29, 1.82) is 0 Å². The van der Waals surface area contributed by atoms with Gasteiger partial charge in [-0.25, -0.2) is 9.78 Å². The fourth-order valence-electron chi connectivity index (χ4n) is 6.51. The molecule has 1 saturated heterocycles. The summed E-state index contributed by atoms with van der Waals surface area (Å²) in [6, 6.07) is 16.9. The number of aryl methyl sites for hydroxylation is 1. The van der Waals surface area contributed by atoms with Crippen LogP contribution in [0.1, 0.15) is 57.8 Å². The van der Waals surface area contributed by atoms with Crippen LogP contribution in [0, 0.1) is 18.8 Å². The van der Waals surface area contributed by atoms with Crippen LogP contribution in [-0.4, -0.2) is 47.0 Å². The number of piperidine rings is 1. The largest absolute Gasteiger partial charge is 0.450 e. The number of rotatable bonds is 9. The fraction of sp³-hybridized carbons (Fsp3) is 0.455. The maximum Gasteiger partial charge on any atom is 0.411 e. The van der Waals surface area contributed by atoms with Crippen molar-refractivity contribution >= 4 is 23.5 Å². The molecule has 3 heterocycles. The highest BCUT2D eigenvalue weighted by Gasteiger charge is 2.31. The summed E-state index contributed by atoms with van der Waals surface area (Å²) in [5.41, 5.74) is 3.72. The number of nitrogens with one attached hydrogen (secondary N) is 2. The van der Waals surface area contributed by atoms with Crippen LogP contribution in [0.4, 0.5) is 22.2 Å². The van der Waals surface area contributed by atoms with Gasteiger partial charge in [0, 0.05) is 48.6 Å². The van der Waals surface area contributed by atoms with Crippen LogP contribution in [-0.2, 0) is 4.74 Å². The molecule has 10 nitrogen and oxygen atoms in total. The van der Waals surface area contributed by atoms with Gasteiger partial charge in [-0.1, -0.05) is 30.1 Å². The molecule has 2 N–H and O–H groups in total. The third kappa shape index (κ3) is 7.18. The molecule has 2 fully saturated rings. The summed E-state index contributed by atoms with van der Waals surface area (Å²) in [5, 5.41) is 10.4. The molecule has 10 heteroatoms. The average molecular weight is 585 g/mol. The molecule has 2 aromatic carbocycles. The minimum Gasteiger partial charge on any atom is -0.450 e. The molecule has 1 saturated carbocycles. The summed E-state index contributed by atoms with van der Waals surface area (Å²) < 4.78 is 16.3. The first-order valence-electron chi connectivity index (χ1n) is 15.5. The minimum absolute atomic E-state index is 0.320. The minimum atomic E-state index is -0.475. The second kappa shape index (κ2) is 13.3. The van der Waals surface area contributed by atoms with Gasteiger partial charge in [0.05, 0.1) is 12.8 Å². The van der Waals surface area contributed by atoms with Gasteiger partial charge in [-0.15, -0.1) is 0 Å². The highest BCUT2D eigenvalue weighted by Crippen LogP contribution is 2.36. The Bertz CT molecular complexity index is 1500. The van der Waals surface area contributed by atoms with Gasteiger partial charge in [0.1, 0.15) is 0 Å². The maximum atomic E-state index is 11.8. The molecule has 0 radical (unpaired) electrons. The lowest BCUT2D eigenvalue weighted by Gasteiger charge is -2.39. The molecule has 0 spiro atoms. The molecule has 1 aliphatic carbocycles. The van der Waals surface area contributed by atoms with Crippen molar-refractivity contribution in [3.63, 3.8) is 0 Å². The number of benzene rings is 2. The van der Waals surface area contributed by atoms with Crippen molar-refractivity contribution in [3.05, 3.63) is 60.6 Å². The number of anilines is 3. The van der Waals surface area contributed by atoms with Gasteiger partial charge in [-0.3, -0.25) is 5.32 Å². The van der Waals surface area contributed by atoms with Crippen molar-refractivity contribution < 1.29 is 18.5 Å². The molecule has 3 atom stereocenters. The van der Waals surface area contributed by atoms with E-state index in [2.05, 4.69) is 54.9 Å². The van der Waals surface area contributed by atoms with E-state index in [4.69, 9.17) is 13.7 Å². The predicted molar refractivity (Wildman–Crippen MR) is 166 cm³/mol. The topological polar surface area (TPSA) is 119 Å². The lowest BCUT2D eigenvalue weighted by molar-refractivity contribution is 0.168. The molecular formula is C33H40N6O4. The monoisotopic (exact) mass is 584 g/mol. The molecule has 0 bridgehead atoms. The number of hydrogen-bond donors (Lipinski definition) is 2. The van der Waals surface area contributed by atoms with Gasteiger partial charge in [0.2, 0.25) is 11.7 Å². The summed E-state index contributed by atoms with van der Waals surface area (Å²) in [7, 11) is 0. The normalized spacial score (nSPS) is 20.5. The molecule has 2 aliphatic rings. The van der Waals surface area contributed by atoms with Crippen molar-refractivity contribution in [2.75, 3.05) is 35.2 Å². The lowest BCUT2D eigenvalue weighted by atomic mass is 9.77. The fourth-order valence-corrected chi connectivity index (χ4v) is 6.51. The Morgan fingerprint density at radius 3 is 2.74 bits per heavy atom. The van der Waals surface area contributed by atoms with Crippen molar-refractivity contribution in [1.82, 2.24) is 15.1 Å². The van der Waals surface area contributed by atoms with Crippen molar-refractivity contribution in [2.24, 2.45) is 11.8 Å². The zero-order valence-electron chi connectivity index (χ0n) is 24.9. The van der Waals surface area contributed by atoms with E-state index in [1.54, 1.807) is 13.1 Å². The highest BCUT2D eigenvalue weighted by molar-refractivity contribution is 5.85. The van der Waals surface area contributed by atoms with Gasteiger partial charge < -0.3 is 23.9 Å². The second-order valence-corrected chi connectivity index (χ2v) is 11.6. The van der Waals surface area contributed by atoms with E-state index < -0.39 is 6.09 Å². The highest BCUT2D eigenvalue weighted by atomic mass is 16.5. The molecule has 2 aromatic heterocycles. The summed E-state index contributed by atoms with van der Waals surface area (Å²) >= 11 is 0. The summed E-state index contributed by atoms with van der Waals surface area (Å²) in [5.74, 6) is 3.09. The van der Waals surface area contributed by atoms with Crippen molar-refractivity contribution in [3.8, 4) is 22.7 Å². The summed E-state index contributed by atoms with van der Waals surface area (Å²) in [6.07, 6.45) is 9.76. The smallest absolute Gasteiger partial charge is 0.411 e. The lowest BCUT2D eigenvalue weighted by Crippen LogP contribution is -2.39. The zero-order valence-corrected chi connectivity index (χ0v) is 24.9. The molecule has 4 aromatic rings. The first kappa shape index (κ1) is 28.8. The van der Waals surface area contributed by atoms with Crippen LogP contribution in [0.3, 0.4) is 0 Å². The Morgan fingerprint density at radius 2 is 1.93 bits per heavy atom. The Morgan fingerprint density at radius 1 is 1.07 bits per heavy atom. The number of aromatic nitrogens is 3. The molecule has 1 amide bonds. The molecule has 226 valence electrons. The first-order valence-corrected chi connectivity index (χ1v) is 15.5. The quantitative estimate of drug-likeness (QED) is 0.206. The van der Waals surface area contributed by atoms with Crippen LogP contribution in [0.2, 0.25) is 0 Å². The van der Waals surface area contributed by atoms with E-state index in [1.807, 2.05) is 31.2 Å². The Kier molecular flexibility index (Phi) is 8.91. The average Bonchev–Trinajstić information content (AvgIpc) is 3.68. The van der Waals surface area contributed by atoms with Gasteiger partial charge in [-0.05, 0) is 87.3 Å². The number of hydrogen-bond acceptors (Lipinski definition) is 9. The summed E-state index contributed by atoms with van der Waals surface area (Å²) in [6.45, 7) is 6.06. The molecule has 43 heavy (non-hydrogen) atoms. The SMILES string of the molecule is CCOC(=O)Nc1cccc(-c2cnc(N[C@@H]3CCCC[C@H]3C[C@H]3CCCN(c4ccc(-c5noc(C)n5)cc4)C3)o2)c1. The number of carbonyl (C=O) groups excluding carboxylic acids is 1. The number of nitrogens with zero attached hydrogens (tertiary/aromatic N) is 4. The summed E-state index contributed by atoms with van der Waals surface area (Å²) in [4.78, 5) is 23.2. The van der Waals surface area contributed by atoms with Gasteiger partial charge in [0.25, 0.3) is 6.01 Å². The van der Waals surface area contributed by atoms with E-state index in [0.29, 0.717) is 53.7 Å². The Balaban J connectivity index is 1.06. The first-order chi connectivity index (χ1) is 21.0. The number of oxazole rings is 1. The van der Waals surface area contributed by atoms with Crippen LogP contribution in [0.25, 0.3) is 22.7 Å². The third-order valence-corrected chi connectivity index (χ3v) is 8.57. The van der Waals surface area contributed by atoms with E-state index in [1.165, 1.54) is 44.2 Å². The zero-order chi connectivity index (χ0) is 29.6. The predicted octanol–water partition coefficient (Wildman–Crippen LogP) is 7.55. The maximum absolute atomic E-state index is 11.8. The molecule has 0 unspecified atom stereocenters. The molecule has 1 aliphatic heterocycles. The van der Waals surface area contributed by atoms with Gasteiger partial charge in [0.15, 0.2) is 5.76 Å². The van der Waals surface area contributed by atoms with Crippen LogP contribution >= 0.6 is 0 Å². The number of amides is 1. The molecular weight excluding hydrogens is 544 g/mol. The molecule has 6 rings (SSSR count). The van der Waals surface area contributed by atoms with E-state index >= 15 is 0 Å². The van der Waals surface area contributed by atoms with Crippen LogP contribution < -0.4 is 15.5 Å². The third-order valence-electron chi connectivity index (χ3n) is 8.57. The van der Waals surface area contributed by atoms with Gasteiger partial charge >= 0.3 is 6.09 Å². The van der Waals surface area contributed by atoms with Crippen LogP contribution in [0.5, 0.6) is 0 Å². The standard InChI is InChI=1S/C33H40N6O4/c1-3-41-33(40)36-27-11-6-10-26(19-27)30-20-34-32(42-30)37-29-12-5-4-9-25(29)18-23-8-7-17-39(21-23)28-15-13-24(14-16-28)31-35-22(2)43-38-31/h6,10-11,13-16,19-20,23,25,29H,3-5,7-9,12,17-18,21H2,1-2H3,(H,34,37)(H,36,40)/t23-,25+,29-/m1/s1. The number of ether oxygens (including phenoxy) is 1. The second-order valence-electron chi connectivity index (χ2n) is 11.6. The van der Waals surface area contributed by atoms with Crippen LogP contribution in [0.15, 0.2) is 63.7 Å². The van der Waals surface area contributed by atoms with E-state index in [-0.39, 0.29) is 0 Å². The Hall–Kier alpha value is -4.34. The van der Waals surface area contributed by atoms with Gasteiger partial charge in [-0.2, -0.15) is 4.98 Å². The number of carbonyl (C=O) groups is 1. The van der Waals surface area contributed by atoms with E-state index in [0.717, 1.165) is 30.6 Å². The van der Waals surface area contributed by atoms with Crippen molar-refractivity contribution in [2.45, 2.75) is 64.8 Å². The Labute approximate surface area is 252 Å².